The van der Waals surface area contributed by atoms with Gasteiger partial charge < -0.3 is 28.4 Å². The lowest BCUT2D eigenvalue weighted by Crippen LogP contribution is -2.49. The average molecular weight is 791 g/mol. The Morgan fingerprint density at radius 1 is 1.11 bits per heavy atom. The maximum atomic E-state index is 14.8. The highest BCUT2D eigenvalue weighted by atomic mass is 35.5. The van der Waals surface area contributed by atoms with E-state index in [4.69, 9.17) is 30.5 Å². The monoisotopic (exact) mass is 790 g/mol. The van der Waals surface area contributed by atoms with Crippen LogP contribution in [0.1, 0.15) is 76.6 Å². The number of fused-ring (bicyclic) bond motifs is 5. The van der Waals surface area contributed by atoms with Gasteiger partial charge in [-0.25, -0.2) is 4.21 Å². The zero-order chi connectivity index (χ0) is 38.5. The number of anilines is 1. The maximum absolute atomic E-state index is 14.8. The van der Waals surface area contributed by atoms with Crippen molar-refractivity contribution in [1.29, 1.82) is 0 Å². The molecule has 8 rings (SSSR count). The number of amides is 2. The van der Waals surface area contributed by atoms with Crippen molar-refractivity contribution < 1.29 is 32.7 Å². The Morgan fingerprint density at radius 2 is 1.96 bits per heavy atom. The molecule has 1 unspecified atom stereocenters. The van der Waals surface area contributed by atoms with Crippen LogP contribution in [0, 0.1) is 17.8 Å². The van der Waals surface area contributed by atoms with Gasteiger partial charge in [0.25, 0.3) is 11.8 Å². The van der Waals surface area contributed by atoms with E-state index in [1.807, 2.05) is 29.7 Å². The minimum atomic E-state index is -3.61. The SMILES string of the molecule is COc1c(C(=O)NS2(=O)=NC(=O)c3ccc4c(c3)N(C[C@@H]3CC[C@H]3[C@@H](OC)/C=C\C[C@H](C)C2)C[C@@]2(CCCc3cc(Cl)ccc32)CO4)cn2c1C[C@H](OC)C2. The van der Waals surface area contributed by atoms with E-state index in [9.17, 15) is 13.8 Å². The highest BCUT2D eigenvalue weighted by molar-refractivity contribution is 7.92. The van der Waals surface area contributed by atoms with E-state index in [0.29, 0.717) is 55.9 Å². The van der Waals surface area contributed by atoms with Crippen LogP contribution in [0.4, 0.5) is 5.69 Å². The lowest BCUT2D eigenvalue weighted by atomic mass is 9.68. The normalized spacial score (nSPS) is 30.8. The molecule has 2 amide bonds. The van der Waals surface area contributed by atoms with Gasteiger partial charge in [-0.2, -0.15) is 0 Å². The lowest BCUT2D eigenvalue weighted by molar-refractivity contribution is 0.0131. The number of allylic oxidation sites excluding steroid dienone is 1. The summed E-state index contributed by atoms with van der Waals surface area (Å²) in [6.07, 6.45) is 12.1. The number of rotatable bonds is 5. The zero-order valence-electron chi connectivity index (χ0n) is 32.1. The summed E-state index contributed by atoms with van der Waals surface area (Å²) in [5.74, 6) is 0.343. The second kappa shape index (κ2) is 15.2. The van der Waals surface area contributed by atoms with Crippen LogP contribution in [0.5, 0.6) is 11.5 Å². The zero-order valence-corrected chi connectivity index (χ0v) is 33.6. The number of ether oxygens (including phenoxy) is 4. The largest absolute Gasteiger partial charge is 0.494 e. The van der Waals surface area contributed by atoms with Gasteiger partial charge in [0.15, 0.2) is 5.75 Å². The fraction of sp³-hybridized carbons (Fsp3) is 0.524. The van der Waals surface area contributed by atoms with Crippen LogP contribution in [0.3, 0.4) is 0 Å². The Kier molecular flexibility index (Phi) is 10.6. The maximum Gasteiger partial charge on any atom is 0.286 e. The van der Waals surface area contributed by atoms with Crippen LogP contribution < -0.4 is 19.1 Å². The van der Waals surface area contributed by atoms with E-state index in [1.54, 1.807) is 26.5 Å². The number of aryl methyl sites for hydroxylation is 1. The molecule has 2 aromatic carbocycles. The molecule has 1 spiro atoms. The molecular weight excluding hydrogens is 740 g/mol. The number of hydrogen-bond donors (Lipinski definition) is 1. The van der Waals surface area contributed by atoms with Gasteiger partial charge in [-0.15, -0.1) is 4.36 Å². The molecule has 1 saturated carbocycles. The fourth-order valence-electron chi connectivity index (χ4n) is 9.57. The topological polar surface area (TPSA) is 121 Å². The molecule has 55 heavy (non-hydrogen) atoms. The van der Waals surface area contributed by atoms with Crippen molar-refractivity contribution in [2.75, 3.05) is 51.7 Å². The van der Waals surface area contributed by atoms with Crippen LogP contribution in [-0.2, 0) is 44.2 Å². The second-order valence-electron chi connectivity index (χ2n) is 16.1. The highest BCUT2D eigenvalue weighted by Crippen LogP contribution is 2.47. The first-order valence-corrected chi connectivity index (χ1v) is 21.5. The van der Waals surface area contributed by atoms with Gasteiger partial charge in [0.1, 0.15) is 21.2 Å². The molecule has 11 nitrogen and oxygen atoms in total. The number of aromatic nitrogens is 1. The molecule has 294 valence electrons. The first-order valence-electron chi connectivity index (χ1n) is 19.4. The van der Waals surface area contributed by atoms with Crippen molar-refractivity contribution in [3.8, 4) is 11.5 Å². The smallest absolute Gasteiger partial charge is 0.286 e. The summed E-state index contributed by atoms with van der Waals surface area (Å²) in [4.78, 5) is 30.5. The Labute approximate surface area is 329 Å². The van der Waals surface area contributed by atoms with Crippen molar-refractivity contribution >= 4 is 39.0 Å². The Balaban J connectivity index is 1.18. The van der Waals surface area contributed by atoms with Crippen molar-refractivity contribution in [3.63, 3.8) is 0 Å². The minimum Gasteiger partial charge on any atom is -0.494 e. The number of carbonyl (C=O) groups excluding carboxylic acids is 2. The minimum absolute atomic E-state index is 0.0216. The van der Waals surface area contributed by atoms with E-state index in [-0.39, 0.29) is 40.4 Å². The first kappa shape index (κ1) is 38.1. The molecule has 1 N–H and O–H groups in total. The number of benzene rings is 2. The summed E-state index contributed by atoms with van der Waals surface area (Å²) in [6.45, 7) is 4.50. The van der Waals surface area contributed by atoms with E-state index in [0.717, 1.165) is 55.1 Å². The number of methoxy groups -OCH3 is 3. The summed E-state index contributed by atoms with van der Waals surface area (Å²) < 4.78 is 47.8. The summed E-state index contributed by atoms with van der Waals surface area (Å²) in [5, 5.41) is 0.736. The Morgan fingerprint density at radius 3 is 2.73 bits per heavy atom. The standard InChI is InChI=1S/C42H51ClN4O7S/c1-26-7-5-9-37(52-3)32-13-10-29(32)20-47-24-42(16-6-8-27-17-30(43)12-14-34(27)42)25-54-38-15-11-28(18-35(38)47)40(48)44-55(50,23-26)45-41(49)33-22-46-21-31(51-2)19-36(46)39(33)53-4/h5,9,11-12,14-15,17-18,22,26,29,31-32,37H,6-8,10,13,16,19-21,23-25H2,1-4H3,(H,44,45,48,49,50)/b9-5-/t26-,29-,31-,32+,37-,42-,55?/m0/s1. The third kappa shape index (κ3) is 7.31. The molecule has 3 aromatic rings. The molecular formula is C42H51ClN4O7S. The van der Waals surface area contributed by atoms with Crippen molar-refractivity contribution in [2.24, 2.45) is 22.1 Å². The number of carbonyl (C=O) groups is 2. The van der Waals surface area contributed by atoms with Gasteiger partial charge in [-0.05, 0) is 97.7 Å². The third-order valence-electron chi connectivity index (χ3n) is 12.5. The predicted molar refractivity (Wildman–Crippen MR) is 213 cm³/mol. The summed E-state index contributed by atoms with van der Waals surface area (Å²) in [5.41, 5.74) is 4.43. The molecule has 13 heteroatoms. The van der Waals surface area contributed by atoms with Crippen LogP contribution in [0.25, 0.3) is 0 Å². The predicted octanol–water partition coefficient (Wildman–Crippen LogP) is 6.78. The molecule has 2 aliphatic carbocycles. The first-order chi connectivity index (χ1) is 26.5. The quantitative estimate of drug-likeness (QED) is 0.281. The van der Waals surface area contributed by atoms with Crippen molar-refractivity contribution in [3.05, 3.63) is 87.7 Å². The summed E-state index contributed by atoms with van der Waals surface area (Å²) in [7, 11) is 1.32. The number of nitrogens with zero attached hydrogens (tertiary/aromatic N) is 3. The number of nitrogens with one attached hydrogen (secondary N) is 1. The Bertz CT molecular complexity index is 2140. The molecule has 3 aliphatic heterocycles. The molecule has 7 atom stereocenters. The molecule has 1 fully saturated rings. The number of halogens is 1. The molecule has 5 aliphatic rings. The van der Waals surface area contributed by atoms with E-state index >= 15 is 0 Å². The van der Waals surface area contributed by atoms with E-state index in [1.165, 1.54) is 18.2 Å². The lowest BCUT2D eigenvalue weighted by Gasteiger charge is -2.46. The van der Waals surface area contributed by atoms with Gasteiger partial charge in [-0.1, -0.05) is 36.7 Å². The van der Waals surface area contributed by atoms with Crippen molar-refractivity contribution in [2.45, 2.75) is 76.0 Å². The van der Waals surface area contributed by atoms with Gasteiger partial charge >= 0.3 is 0 Å². The fourth-order valence-corrected chi connectivity index (χ4v) is 11.6. The third-order valence-corrected chi connectivity index (χ3v) is 14.7. The van der Waals surface area contributed by atoms with Crippen LogP contribution >= 0.6 is 11.6 Å². The summed E-state index contributed by atoms with van der Waals surface area (Å²) >= 11 is 6.48. The average Bonchev–Trinajstić information content (AvgIpc) is 3.67. The van der Waals surface area contributed by atoms with Gasteiger partial charge in [0, 0.05) is 62.5 Å². The molecule has 2 bridgehead atoms. The van der Waals surface area contributed by atoms with Gasteiger partial charge in [0.05, 0.1) is 43.1 Å². The second-order valence-corrected chi connectivity index (χ2v) is 18.6. The van der Waals surface area contributed by atoms with Crippen molar-refractivity contribution in [1.82, 2.24) is 9.29 Å². The van der Waals surface area contributed by atoms with E-state index < -0.39 is 21.7 Å². The molecule has 4 heterocycles. The number of hydrogen-bond acceptors (Lipinski definition) is 8. The Hall–Kier alpha value is -3.84. The molecule has 0 saturated heterocycles. The summed E-state index contributed by atoms with van der Waals surface area (Å²) in [6, 6.07) is 11.6. The van der Waals surface area contributed by atoms with E-state index in [2.05, 4.69) is 38.3 Å². The van der Waals surface area contributed by atoms with Gasteiger partial charge in [0.2, 0.25) is 0 Å². The highest BCUT2D eigenvalue weighted by Gasteiger charge is 2.44. The van der Waals surface area contributed by atoms with Crippen LogP contribution in [0.2, 0.25) is 5.02 Å². The van der Waals surface area contributed by atoms with Crippen LogP contribution in [0.15, 0.2) is 59.1 Å². The molecule has 0 radical (unpaired) electrons. The van der Waals surface area contributed by atoms with Gasteiger partial charge in [-0.3, -0.25) is 14.3 Å². The van der Waals surface area contributed by atoms with Crippen LogP contribution in [-0.4, -0.2) is 79.6 Å². The molecule has 1 aromatic heterocycles.